The number of morpholine rings is 1. The molecule has 2 heterocycles. The first-order chi connectivity index (χ1) is 11.4. The number of carbonyl (C=O) groups is 3. The second kappa shape index (κ2) is 7.41. The third kappa shape index (κ3) is 3.89. The van der Waals surface area contributed by atoms with Crippen molar-refractivity contribution in [3.05, 3.63) is 12.4 Å². The van der Waals surface area contributed by atoms with Gasteiger partial charge in [0.2, 0.25) is 11.5 Å². The van der Waals surface area contributed by atoms with Crippen molar-refractivity contribution < 1.29 is 29.0 Å². The summed E-state index contributed by atoms with van der Waals surface area (Å²) in [5, 5.41) is 15.5. The van der Waals surface area contributed by atoms with Gasteiger partial charge in [0, 0.05) is 26.4 Å². The van der Waals surface area contributed by atoms with E-state index in [0.29, 0.717) is 26.3 Å². The number of amides is 2. The number of ether oxygens (including phenoxy) is 2. The van der Waals surface area contributed by atoms with Crippen molar-refractivity contribution >= 4 is 23.5 Å². The predicted octanol–water partition coefficient (Wildman–Crippen LogP) is -0.830. The Morgan fingerprint density at radius 1 is 1.42 bits per heavy atom. The quantitative estimate of drug-likeness (QED) is 0.648. The van der Waals surface area contributed by atoms with Crippen LogP contribution in [0.25, 0.3) is 0 Å². The maximum Gasteiger partial charge on any atom is 0.345 e. The van der Waals surface area contributed by atoms with Crippen LogP contribution in [0.5, 0.6) is 0 Å². The lowest BCUT2D eigenvalue weighted by Crippen LogP contribution is -2.48. The van der Waals surface area contributed by atoms with Crippen LogP contribution in [-0.4, -0.2) is 76.6 Å². The van der Waals surface area contributed by atoms with Gasteiger partial charge < -0.3 is 24.8 Å². The molecule has 0 spiro atoms. The van der Waals surface area contributed by atoms with Crippen LogP contribution in [-0.2, 0) is 30.4 Å². The molecule has 24 heavy (non-hydrogen) atoms. The molecule has 1 aliphatic heterocycles. The van der Waals surface area contributed by atoms with Gasteiger partial charge in [-0.3, -0.25) is 14.3 Å². The fraction of sp³-hybridized carbons (Fsp3) is 0.571. The molecule has 1 aromatic rings. The van der Waals surface area contributed by atoms with E-state index < -0.39 is 17.5 Å². The van der Waals surface area contributed by atoms with Crippen LogP contribution in [0.1, 0.15) is 6.92 Å². The molecular weight excluding hydrogens is 320 g/mol. The molecule has 0 aliphatic carbocycles. The van der Waals surface area contributed by atoms with Gasteiger partial charge in [-0.2, -0.15) is 5.10 Å². The van der Waals surface area contributed by atoms with Crippen molar-refractivity contribution in [2.45, 2.75) is 19.1 Å². The summed E-state index contributed by atoms with van der Waals surface area (Å²) in [6, 6.07) is 0. The van der Waals surface area contributed by atoms with Crippen LogP contribution in [0.4, 0.5) is 5.69 Å². The molecule has 1 aromatic heterocycles. The Bertz CT molecular complexity index is 625. The molecule has 10 nitrogen and oxygen atoms in total. The topological polar surface area (TPSA) is 123 Å². The van der Waals surface area contributed by atoms with Gasteiger partial charge in [-0.25, -0.2) is 4.79 Å². The van der Waals surface area contributed by atoms with Gasteiger partial charge in [0.15, 0.2) is 0 Å². The van der Waals surface area contributed by atoms with Crippen LogP contribution < -0.4 is 5.32 Å². The number of carboxylic acid groups (broad SMARTS) is 1. The van der Waals surface area contributed by atoms with Crippen molar-refractivity contribution in [3.8, 4) is 0 Å². The number of rotatable bonds is 6. The first-order valence-corrected chi connectivity index (χ1v) is 7.35. The van der Waals surface area contributed by atoms with Crippen LogP contribution >= 0.6 is 0 Å². The highest BCUT2D eigenvalue weighted by Crippen LogP contribution is 2.14. The summed E-state index contributed by atoms with van der Waals surface area (Å²) in [7, 11) is 1.14. The first kappa shape index (κ1) is 17.9. The number of aromatic nitrogens is 2. The first-order valence-electron chi connectivity index (χ1n) is 7.35. The SMILES string of the molecule is COC(C)(C(=O)O)C(=O)Nc1cnn(CC(=O)N2CCOCC2)c1. The van der Waals surface area contributed by atoms with Crippen LogP contribution in [0, 0.1) is 0 Å². The van der Waals surface area contributed by atoms with E-state index >= 15 is 0 Å². The zero-order valence-electron chi connectivity index (χ0n) is 13.5. The Morgan fingerprint density at radius 3 is 2.67 bits per heavy atom. The molecule has 0 bridgehead atoms. The van der Waals surface area contributed by atoms with Gasteiger partial charge in [0.05, 0.1) is 25.1 Å². The highest BCUT2D eigenvalue weighted by atomic mass is 16.5. The van der Waals surface area contributed by atoms with E-state index in [1.807, 2.05) is 0 Å². The number of nitrogens with zero attached hydrogens (tertiary/aromatic N) is 3. The number of anilines is 1. The second-order valence-electron chi connectivity index (χ2n) is 5.42. The highest BCUT2D eigenvalue weighted by molar-refractivity contribution is 6.10. The van der Waals surface area contributed by atoms with Crippen LogP contribution in [0.2, 0.25) is 0 Å². The van der Waals surface area contributed by atoms with E-state index in [-0.39, 0.29) is 18.1 Å². The van der Waals surface area contributed by atoms with Gasteiger partial charge in [0.1, 0.15) is 6.54 Å². The average Bonchev–Trinajstić information content (AvgIpc) is 3.01. The Morgan fingerprint density at radius 2 is 2.08 bits per heavy atom. The largest absolute Gasteiger partial charge is 0.479 e. The monoisotopic (exact) mass is 340 g/mol. The minimum Gasteiger partial charge on any atom is -0.479 e. The van der Waals surface area contributed by atoms with Crippen molar-refractivity contribution in [1.82, 2.24) is 14.7 Å². The summed E-state index contributed by atoms with van der Waals surface area (Å²) in [5.41, 5.74) is -1.73. The number of nitrogens with one attached hydrogen (secondary N) is 1. The van der Waals surface area contributed by atoms with E-state index in [4.69, 9.17) is 14.6 Å². The predicted molar refractivity (Wildman–Crippen MR) is 81.3 cm³/mol. The summed E-state index contributed by atoms with van der Waals surface area (Å²) in [5.74, 6) is -2.35. The minimum absolute atomic E-state index is 0.0242. The van der Waals surface area contributed by atoms with Gasteiger partial charge >= 0.3 is 5.97 Å². The molecule has 0 radical (unpaired) electrons. The third-order valence-electron chi connectivity index (χ3n) is 3.80. The van der Waals surface area contributed by atoms with Gasteiger partial charge in [-0.05, 0) is 6.92 Å². The second-order valence-corrected chi connectivity index (χ2v) is 5.42. The Kier molecular flexibility index (Phi) is 5.52. The maximum atomic E-state index is 12.1. The lowest BCUT2D eigenvalue weighted by Gasteiger charge is -2.26. The molecule has 2 N–H and O–H groups in total. The Hall–Kier alpha value is -2.46. The summed E-state index contributed by atoms with van der Waals surface area (Å²) in [4.78, 5) is 37.0. The summed E-state index contributed by atoms with van der Waals surface area (Å²) in [6.07, 6.45) is 2.79. The third-order valence-corrected chi connectivity index (χ3v) is 3.80. The molecule has 132 valence electrons. The summed E-state index contributed by atoms with van der Waals surface area (Å²) < 4.78 is 11.3. The molecule has 1 unspecified atom stereocenters. The molecule has 0 saturated carbocycles. The summed E-state index contributed by atoms with van der Waals surface area (Å²) >= 11 is 0. The lowest BCUT2D eigenvalue weighted by atomic mass is 10.1. The van der Waals surface area contributed by atoms with Crippen molar-refractivity contribution in [2.24, 2.45) is 0 Å². The normalized spacial score (nSPS) is 17.2. The average molecular weight is 340 g/mol. The molecule has 1 fully saturated rings. The molecule has 0 aromatic carbocycles. The van der Waals surface area contributed by atoms with Crippen molar-refractivity contribution in [1.29, 1.82) is 0 Å². The molecule has 10 heteroatoms. The van der Waals surface area contributed by atoms with E-state index in [0.717, 1.165) is 14.0 Å². The fourth-order valence-corrected chi connectivity index (χ4v) is 2.09. The maximum absolute atomic E-state index is 12.1. The number of methoxy groups -OCH3 is 1. The number of carboxylic acids is 1. The Balaban J connectivity index is 1.96. The van der Waals surface area contributed by atoms with Gasteiger partial charge in [-0.1, -0.05) is 0 Å². The lowest BCUT2D eigenvalue weighted by molar-refractivity contribution is -0.165. The summed E-state index contributed by atoms with van der Waals surface area (Å²) in [6.45, 7) is 3.27. The number of carbonyl (C=O) groups excluding carboxylic acids is 2. The zero-order chi connectivity index (χ0) is 17.7. The van der Waals surface area contributed by atoms with E-state index in [9.17, 15) is 14.4 Å². The van der Waals surface area contributed by atoms with E-state index in [2.05, 4.69) is 10.4 Å². The fourth-order valence-electron chi connectivity index (χ4n) is 2.09. The van der Waals surface area contributed by atoms with Crippen molar-refractivity contribution in [3.63, 3.8) is 0 Å². The Labute approximate surface area is 138 Å². The van der Waals surface area contributed by atoms with Crippen molar-refractivity contribution in [2.75, 3.05) is 38.7 Å². The molecule has 1 atom stereocenters. The van der Waals surface area contributed by atoms with E-state index in [1.165, 1.54) is 17.1 Å². The van der Waals surface area contributed by atoms with Gasteiger partial charge in [-0.15, -0.1) is 0 Å². The number of aliphatic carboxylic acids is 1. The number of hydrogen-bond acceptors (Lipinski definition) is 6. The molecule has 1 saturated heterocycles. The smallest absolute Gasteiger partial charge is 0.345 e. The highest BCUT2D eigenvalue weighted by Gasteiger charge is 2.41. The van der Waals surface area contributed by atoms with E-state index in [1.54, 1.807) is 4.90 Å². The zero-order valence-corrected chi connectivity index (χ0v) is 13.5. The number of hydrogen-bond donors (Lipinski definition) is 2. The standard InChI is InChI=1S/C14H20N4O6/c1-14(23-2,13(21)22)12(20)16-10-7-15-18(8-10)9-11(19)17-3-5-24-6-4-17/h7-8H,3-6,9H2,1-2H3,(H,16,20)(H,21,22). The minimum atomic E-state index is -2.01. The van der Waals surface area contributed by atoms with Crippen LogP contribution in [0.15, 0.2) is 12.4 Å². The molecular formula is C14H20N4O6. The molecule has 1 aliphatic rings. The molecule has 2 amide bonds. The molecule has 2 rings (SSSR count). The van der Waals surface area contributed by atoms with Crippen LogP contribution in [0.3, 0.4) is 0 Å². The van der Waals surface area contributed by atoms with Gasteiger partial charge in [0.25, 0.3) is 5.91 Å².